The third-order valence-electron chi connectivity index (χ3n) is 3.42. The molecule has 0 unspecified atom stereocenters. The number of nitrogens with one attached hydrogen (secondary N) is 2. The number of hydrogen-bond donors (Lipinski definition) is 3. The molecule has 0 aromatic heterocycles. The summed E-state index contributed by atoms with van der Waals surface area (Å²) in [5, 5.41) is 5.65. The summed E-state index contributed by atoms with van der Waals surface area (Å²) in [5.74, 6) is -0.0485. The molecule has 0 spiro atoms. The zero-order chi connectivity index (χ0) is 14.5. The standard InChI is InChI=1S/C14H20N4O2/c1-10-11(15)3-2-4-12(10)17-14(20)9-18-7-5-13(19)16-6-8-18/h2-4H,5-9,15H2,1H3,(H,16,19)(H,17,20). The maximum absolute atomic E-state index is 12.0. The molecule has 2 rings (SSSR count). The lowest BCUT2D eigenvalue weighted by Crippen LogP contribution is -2.35. The van der Waals surface area contributed by atoms with Crippen LogP contribution in [0, 0.1) is 6.92 Å². The predicted octanol–water partition coefficient (Wildman–Crippen LogP) is 0.338. The zero-order valence-corrected chi connectivity index (χ0v) is 11.6. The first-order valence-corrected chi connectivity index (χ1v) is 6.70. The number of amides is 2. The lowest BCUT2D eigenvalue weighted by molar-refractivity contribution is -0.121. The summed E-state index contributed by atoms with van der Waals surface area (Å²) in [6.07, 6.45) is 0.435. The Kier molecular flexibility index (Phi) is 4.57. The second kappa shape index (κ2) is 6.38. The van der Waals surface area contributed by atoms with Crippen LogP contribution >= 0.6 is 0 Å². The van der Waals surface area contributed by atoms with Crippen LogP contribution in [0.2, 0.25) is 0 Å². The number of carbonyl (C=O) groups excluding carboxylic acids is 2. The molecule has 1 aliphatic heterocycles. The maximum atomic E-state index is 12.0. The van der Waals surface area contributed by atoms with Crippen molar-refractivity contribution in [2.45, 2.75) is 13.3 Å². The molecule has 1 fully saturated rings. The zero-order valence-electron chi connectivity index (χ0n) is 11.6. The SMILES string of the molecule is Cc1c(N)cccc1NC(=O)CN1CCNC(=O)CC1. The van der Waals surface area contributed by atoms with Gasteiger partial charge >= 0.3 is 0 Å². The third-order valence-corrected chi connectivity index (χ3v) is 3.42. The van der Waals surface area contributed by atoms with Crippen molar-refractivity contribution < 1.29 is 9.59 Å². The molecule has 0 bridgehead atoms. The van der Waals surface area contributed by atoms with Gasteiger partial charge in [0, 0.05) is 37.4 Å². The number of rotatable bonds is 3. The molecular formula is C14H20N4O2. The Morgan fingerprint density at radius 2 is 2.25 bits per heavy atom. The van der Waals surface area contributed by atoms with E-state index in [-0.39, 0.29) is 18.4 Å². The topological polar surface area (TPSA) is 87.5 Å². The van der Waals surface area contributed by atoms with Crippen molar-refractivity contribution in [1.82, 2.24) is 10.2 Å². The van der Waals surface area contributed by atoms with Gasteiger partial charge in [-0.1, -0.05) is 6.07 Å². The lowest BCUT2D eigenvalue weighted by Gasteiger charge is -2.18. The van der Waals surface area contributed by atoms with Crippen LogP contribution in [0.5, 0.6) is 0 Å². The fraction of sp³-hybridized carbons (Fsp3) is 0.429. The van der Waals surface area contributed by atoms with Crippen LogP contribution in [0.1, 0.15) is 12.0 Å². The summed E-state index contributed by atoms with van der Waals surface area (Å²) in [6, 6.07) is 5.45. The predicted molar refractivity (Wildman–Crippen MR) is 78.3 cm³/mol. The Bertz CT molecular complexity index is 516. The summed E-state index contributed by atoms with van der Waals surface area (Å²) < 4.78 is 0. The number of nitrogens with zero attached hydrogens (tertiary/aromatic N) is 1. The molecule has 108 valence electrons. The number of anilines is 2. The van der Waals surface area contributed by atoms with Gasteiger partial charge in [-0.3, -0.25) is 14.5 Å². The van der Waals surface area contributed by atoms with Crippen LogP contribution in [-0.4, -0.2) is 42.9 Å². The minimum Gasteiger partial charge on any atom is -0.398 e. The van der Waals surface area contributed by atoms with E-state index in [1.807, 2.05) is 24.0 Å². The first-order chi connectivity index (χ1) is 9.56. The van der Waals surface area contributed by atoms with Gasteiger partial charge in [0.25, 0.3) is 0 Å². The first kappa shape index (κ1) is 14.3. The smallest absolute Gasteiger partial charge is 0.238 e. The van der Waals surface area contributed by atoms with Gasteiger partial charge in [0.05, 0.1) is 6.54 Å². The van der Waals surface area contributed by atoms with Crippen molar-refractivity contribution in [3.8, 4) is 0 Å². The molecule has 6 heteroatoms. The summed E-state index contributed by atoms with van der Waals surface area (Å²) in [5.41, 5.74) is 8.07. The highest BCUT2D eigenvalue weighted by molar-refractivity contribution is 5.93. The van der Waals surface area contributed by atoms with Crippen molar-refractivity contribution >= 4 is 23.2 Å². The van der Waals surface area contributed by atoms with Crippen LogP contribution < -0.4 is 16.4 Å². The van der Waals surface area contributed by atoms with E-state index in [2.05, 4.69) is 10.6 Å². The molecule has 1 saturated heterocycles. The molecule has 0 radical (unpaired) electrons. The molecular weight excluding hydrogens is 256 g/mol. The lowest BCUT2D eigenvalue weighted by atomic mass is 10.1. The summed E-state index contributed by atoms with van der Waals surface area (Å²) in [7, 11) is 0. The Labute approximate surface area is 118 Å². The Morgan fingerprint density at radius 1 is 1.45 bits per heavy atom. The van der Waals surface area contributed by atoms with Crippen molar-refractivity contribution in [3.63, 3.8) is 0 Å². The molecule has 1 aromatic rings. The average Bonchev–Trinajstić information content (AvgIpc) is 2.60. The number of hydrogen-bond acceptors (Lipinski definition) is 4. The van der Waals surface area contributed by atoms with Gasteiger partial charge in [-0.15, -0.1) is 0 Å². The molecule has 0 aliphatic carbocycles. The third kappa shape index (κ3) is 3.71. The fourth-order valence-corrected chi connectivity index (χ4v) is 2.15. The molecule has 1 aromatic carbocycles. The highest BCUT2D eigenvalue weighted by Gasteiger charge is 2.16. The van der Waals surface area contributed by atoms with Crippen LogP contribution in [-0.2, 0) is 9.59 Å². The van der Waals surface area contributed by atoms with Crippen LogP contribution in [0.25, 0.3) is 0 Å². The van der Waals surface area contributed by atoms with E-state index in [9.17, 15) is 9.59 Å². The summed E-state index contributed by atoms with van der Waals surface area (Å²) in [4.78, 5) is 25.2. The van der Waals surface area contributed by atoms with Crippen LogP contribution in [0.3, 0.4) is 0 Å². The Morgan fingerprint density at radius 3 is 3.05 bits per heavy atom. The van der Waals surface area contributed by atoms with E-state index < -0.39 is 0 Å². The van der Waals surface area contributed by atoms with Crippen molar-refractivity contribution in [2.24, 2.45) is 0 Å². The van der Waals surface area contributed by atoms with Gasteiger partial charge < -0.3 is 16.4 Å². The van der Waals surface area contributed by atoms with Crippen LogP contribution in [0.15, 0.2) is 18.2 Å². The fourth-order valence-electron chi connectivity index (χ4n) is 2.15. The molecule has 20 heavy (non-hydrogen) atoms. The monoisotopic (exact) mass is 276 g/mol. The highest BCUT2D eigenvalue weighted by atomic mass is 16.2. The minimum atomic E-state index is -0.0898. The Hall–Kier alpha value is -2.08. The van der Waals surface area contributed by atoms with Crippen molar-refractivity contribution in [1.29, 1.82) is 0 Å². The minimum absolute atomic E-state index is 0.0413. The molecule has 1 heterocycles. The second-order valence-corrected chi connectivity index (χ2v) is 4.94. The van der Waals surface area contributed by atoms with Gasteiger partial charge in [-0.25, -0.2) is 0 Å². The molecule has 0 atom stereocenters. The van der Waals surface area contributed by atoms with Gasteiger partial charge in [-0.05, 0) is 24.6 Å². The molecule has 0 saturated carbocycles. The summed E-state index contributed by atoms with van der Waals surface area (Å²) in [6.45, 7) is 4.04. The molecule has 1 aliphatic rings. The van der Waals surface area contributed by atoms with E-state index in [4.69, 9.17) is 5.73 Å². The van der Waals surface area contributed by atoms with Gasteiger partial charge in [0.2, 0.25) is 11.8 Å². The first-order valence-electron chi connectivity index (χ1n) is 6.70. The van der Waals surface area contributed by atoms with Gasteiger partial charge in [0.15, 0.2) is 0 Å². The van der Waals surface area contributed by atoms with E-state index in [1.54, 1.807) is 6.07 Å². The van der Waals surface area contributed by atoms with E-state index in [0.717, 1.165) is 11.3 Å². The van der Waals surface area contributed by atoms with Crippen LogP contribution in [0.4, 0.5) is 11.4 Å². The molecule has 6 nitrogen and oxygen atoms in total. The van der Waals surface area contributed by atoms with Crippen molar-refractivity contribution in [2.75, 3.05) is 37.2 Å². The van der Waals surface area contributed by atoms with E-state index in [1.165, 1.54) is 0 Å². The number of benzene rings is 1. The maximum Gasteiger partial charge on any atom is 0.238 e. The normalized spacial score (nSPS) is 16.4. The second-order valence-electron chi connectivity index (χ2n) is 4.94. The van der Waals surface area contributed by atoms with E-state index >= 15 is 0 Å². The number of nitrogens with two attached hydrogens (primary N) is 1. The molecule has 4 N–H and O–H groups in total. The number of nitrogen functional groups attached to an aromatic ring is 1. The van der Waals surface area contributed by atoms with E-state index in [0.29, 0.717) is 31.7 Å². The quantitative estimate of drug-likeness (QED) is 0.695. The largest absolute Gasteiger partial charge is 0.398 e. The average molecular weight is 276 g/mol. The van der Waals surface area contributed by atoms with Gasteiger partial charge in [0.1, 0.15) is 0 Å². The number of carbonyl (C=O) groups is 2. The van der Waals surface area contributed by atoms with Gasteiger partial charge in [-0.2, -0.15) is 0 Å². The molecule has 2 amide bonds. The summed E-state index contributed by atoms with van der Waals surface area (Å²) >= 11 is 0. The Balaban J connectivity index is 1.92. The van der Waals surface area contributed by atoms with Crippen molar-refractivity contribution in [3.05, 3.63) is 23.8 Å². The highest BCUT2D eigenvalue weighted by Crippen LogP contribution is 2.20.